The first-order valence-electron chi connectivity index (χ1n) is 9.61. The summed E-state index contributed by atoms with van der Waals surface area (Å²) < 4.78 is 0. The lowest BCUT2D eigenvalue weighted by Crippen LogP contribution is -2.06. The molecule has 0 aromatic heterocycles. The molecule has 0 N–H and O–H groups in total. The SMILES string of the molecule is C=C(C)c1cccc(C2Cc3ccccc3-c3ccc(CC)cc3C2)c1. The highest BCUT2D eigenvalue weighted by atomic mass is 14.3. The number of aryl methyl sites for hydroxylation is 1. The number of benzene rings is 3. The number of hydrogen-bond donors (Lipinski definition) is 0. The normalized spacial score (nSPS) is 15.7. The summed E-state index contributed by atoms with van der Waals surface area (Å²) in [5, 5.41) is 0. The lowest BCUT2D eigenvalue weighted by Gasteiger charge is -2.17. The fourth-order valence-corrected chi connectivity index (χ4v) is 4.16. The molecular weight excluding hydrogens is 312 g/mol. The molecule has 1 atom stereocenters. The maximum atomic E-state index is 4.12. The number of fused-ring (bicyclic) bond motifs is 3. The van der Waals surface area contributed by atoms with Crippen LogP contribution in [-0.4, -0.2) is 0 Å². The molecule has 0 heteroatoms. The molecule has 0 nitrogen and oxygen atoms in total. The predicted molar refractivity (Wildman–Crippen MR) is 113 cm³/mol. The van der Waals surface area contributed by atoms with Crippen LogP contribution in [0.25, 0.3) is 16.7 Å². The molecule has 0 saturated carbocycles. The van der Waals surface area contributed by atoms with Crippen LogP contribution in [0.2, 0.25) is 0 Å². The smallest absolute Gasteiger partial charge is 0.00804 e. The van der Waals surface area contributed by atoms with E-state index >= 15 is 0 Å². The largest absolute Gasteiger partial charge is 0.0955 e. The molecule has 3 aromatic carbocycles. The Hall–Kier alpha value is -2.60. The second-order valence-electron chi connectivity index (χ2n) is 7.51. The quantitative estimate of drug-likeness (QED) is 0.491. The third-order valence-electron chi connectivity index (χ3n) is 5.67. The van der Waals surface area contributed by atoms with Crippen molar-refractivity contribution in [3.63, 3.8) is 0 Å². The molecule has 1 aliphatic rings. The molecule has 0 bridgehead atoms. The van der Waals surface area contributed by atoms with Crippen LogP contribution in [0.3, 0.4) is 0 Å². The molecule has 0 aliphatic heterocycles. The van der Waals surface area contributed by atoms with Gasteiger partial charge in [0.25, 0.3) is 0 Å². The second kappa shape index (κ2) is 6.96. The van der Waals surface area contributed by atoms with E-state index in [0.717, 1.165) is 24.8 Å². The molecule has 1 aliphatic carbocycles. The van der Waals surface area contributed by atoms with Crippen molar-refractivity contribution >= 4 is 5.57 Å². The Morgan fingerprint density at radius 2 is 1.65 bits per heavy atom. The van der Waals surface area contributed by atoms with E-state index in [1.807, 2.05) is 0 Å². The Labute approximate surface area is 157 Å². The van der Waals surface area contributed by atoms with Gasteiger partial charge in [-0.15, -0.1) is 0 Å². The molecule has 0 heterocycles. The summed E-state index contributed by atoms with van der Waals surface area (Å²) in [6.07, 6.45) is 3.27. The van der Waals surface area contributed by atoms with Gasteiger partial charge in [0.2, 0.25) is 0 Å². The topological polar surface area (TPSA) is 0 Å². The van der Waals surface area contributed by atoms with Gasteiger partial charge in [-0.05, 0) is 71.0 Å². The van der Waals surface area contributed by atoms with Crippen molar-refractivity contribution in [1.29, 1.82) is 0 Å². The van der Waals surface area contributed by atoms with Crippen LogP contribution in [0, 0.1) is 0 Å². The monoisotopic (exact) mass is 338 g/mol. The summed E-state index contributed by atoms with van der Waals surface area (Å²) in [4.78, 5) is 0. The van der Waals surface area contributed by atoms with Crippen LogP contribution < -0.4 is 0 Å². The van der Waals surface area contributed by atoms with Crippen molar-refractivity contribution < 1.29 is 0 Å². The van der Waals surface area contributed by atoms with Crippen molar-refractivity contribution in [2.24, 2.45) is 0 Å². The van der Waals surface area contributed by atoms with Gasteiger partial charge in [0, 0.05) is 0 Å². The van der Waals surface area contributed by atoms with Gasteiger partial charge in [0.05, 0.1) is 0 Å². The Morgan fingerprint density at radius 1 is 0.885 bits per heavy atom. The van der Waals surface area contributed by atoms with Gasteiger partial charge >= 0.3 is 0 Å². The number of allylic oxidation sites excluding steroid dienone is 1. The highest BCUT2D eigenvalue weighted by Gasteiger charge is 2.22. The Balaban J connectivity index is 1.84. The molecule has 0 radical (unpaired) electrons. The van der Waals surface area contributed by atoms with Gasteiger partial charge in [0.15, 0.2) is 0 Å². The van der Waals surface area contributed by atoms with Crippen molar-refractivity contribution in [1.82, 2.24) is 0 Å². The molecule has 1 unspecified atom stereocenters. The molecule has 0 fully saturated rings. The maximum absolute atomic E-state index is 4.12. The summed E-state index contributed by atoms with van der Waals surface area (Å²) in [5.41, 5.74) is 11.0. The average Bonchev–Trinajstić information content (AvgIpc) is 2.84. The zero-order valence-corrected chi connectivity index (χ0v) is 15.8. The lowest BCUT2D eigenvalue weighted by atomic mass is 9.87. The fourth-order valence-electron chi connectivity index (χ4n) is 4.16. The minimum absolute atomic E-state index is 0.504. The van der Waals surface area contributed by atoms with Crippen LogP contribution >= 0.6 is 0 Å². The third-order valence-corrected chi connectivity index (χ3v) is 5.67. The van der Waals surface area contributed by atoms with Gasteiger partial charge < -0.3 is 0 Å². The highest BCUT2D eigenvalue weighted by molar-refractivity contribution is 5.73. The van der Waals surface area contributed by atoms with Crippen molar-refractivity contribution in [3.05, 3.63) is 101 Å². The number of hydrogen-bond acceptors (Lipinski definition) is 0. The Kier molecular flexibility index (Phi) is 4.51. The van der Waals surface area contributed by atoms with Crippen LogP contribution in [0.15, 0.2) is 73.3 Å². The second-order valence-corrected chi connectivity index (χ2v) is 7.51. The molecule has 0 spiro atoms. The van der Waals surface area contributed by atoms with E-state index in [-0.39, 0.29) is 0 Å². The molecule has 0 amide bonds. The van der Waals surface area contributed by atoms with E-state index < -0.39 is 0 Å². The summed E-state index contributed by atoms with van der Waals surface area (Å²) in [7, 11) is 0. The highest BCUT2D eigenvalue weighted by Crippen LogP contribution is 2.38. The average molecular weight is 338 g/mol. The molecule has 0 saturated heterocycles. The standard InChI is InChI=1S/C26H26/c1-4-19-12-13-26-24(14-19)17-23(16-22-8-5-6-11-25(22)26)21-10-7-9-20(15-21)18(2)3/h5-15,23H,2,4,16-17H2,1,3H3. The molecule has 3 aromatic rings. The van der Waals surface area contributed by atoms with E-state index in [2.05, 4.69) is 87.2 Å². The van der Waals surface area contributed by atoms with Crippen LogP contribution in [0.4, 0.5) is 0 Å². The molecule has 4 rings (SSSR count). The van der Waals surface area contributed by atoms with Gasteiger partial charge in [-0.2, -0.15) is 0 Å². The van der Waals surface area contributed by atoms with E-state index in [1.54, 1.807) is 0 Å². The van der Waals surface area contributed by atoms with Gasteiger partial charge in [-0.1, -0.05) is 85.8 Å². The van der Waals surface area contributed by atoms with Gasteiger partial charge in [-0.25, -0.2) is 0 Å². The van der Waals surface area contributed by atoms with Gasteiger partial charge in [-0.3, -0.25) is 0 Å². The number of rotatable bonds is 3. The van der Waals surface area contributed by atoms with Crippen LogP contribution in [0.1, 0.15) is 47.6 Å². The predicted octanol–water partition coefficient (Wildman–Crippen LogP) is 6.83. The van der Waals surface area contributed by atoms with Crippen LogP contribution in [0.5, 0.6) is 0 Å². The Morgan fingerprint density at radius 3 is 2.46 bits per heavy atom. The van der Waals surface area contributed by atoms with Crippen molar-refractivity contribution in [3.8, 4) is 11.1 Å². The van der Waals surface area contributed by atoms with Crippen molar-refractivity contribution in [2.45, 2.75) is 39.0 Å². The van der Waals surface area contributed by atoms with E-state index in [1.165, 1.54) is 38.9 Å². The molecule has 26 heavy (non-hydrogen) atoms. The summed E-state index contributed by atoms with van der Waals surface area (Å²) in [6, 6.07) is 24.9. The van der Waals surface area contributed by atoms with Gasteiger partial charge in [0.1, 0.15) is 0 Å². The summed E-state index contributed by atoms with van der Waals surface area (Å²) in [6.45, 7) is 8.45. The Bertz CT molecular complexity index is 961. The minimum Gasteiger partial charge on any atom is -0.0955 e. The summed E-state index contributed by atoms with van der Waals surface area (Å²) in [5.74, 6) is 0.504. The molecule has 130 valence electrons. The first kappa shape index (κ1) is 16.8. The lowest BCUT2D eigenvalue weighted by molar-refractivity contribution is 0.688. The van der Waals surface area contributed by atoms with Crippen LogP contribution in [-0.2, 0) is 19.3 Å². The van der Waals surface area contributed by atoms with Crippen molar-refractivity contribution in [2.75, 3.05) is 0 Å². The maximum Gasteiger partial charge on any atom is -0.00804 e. The van der Waals surface area contributed by atoms with E-state index in [4.69, 9.17) is 0 Å². The fraction of sp³-hybridized carbons (Fsp3) is 0.231. The minimum atomic E-state index is 0.504. The zero-order valence-electron chi connectivity index (χ0n) is 15.8. The first-order chi connectivity index (χ1) is 12.7. The summed E-state index contributed by atoms with van der Waals surface area (Å²) >= 11 is 0. The zero-order chi connectivity index (χ0) is 18.1. The molecular formula is C26H26. The van der Waals surface area contributed by atoms with E-state index in [0.29, 0.717) is 5.92 Å². The third kappa shape index (κ3) is 3.12. The van der Waals surface area contributed by atoms with E-state index in [9.17, 15) is 0 Å². The first-order valence-corrected chi connectivity index (χ1v) is 9.61.